The van der Waals surface area contributed by atoms with E-state index in [9.17, 15) is 30.0 Å². The molecule has 0 saturated carbocycles. The Morgan fingerprint density at radius 1 is 0.709 bits per heavy atom. The third-order valence-corrected chi connectivity index (χ3v) is 9.25. The fourth-order valence-corrected chi connectivity index (χ4v) is 5.90. The SMILES string of the molecule is CC(=O)SCCCCCCCCCCCOCCOCCOCCOCCOCCOCCNC(=O)c1cn(CCO[C@H]2O[C@H](CO)[C@@H](O)[C@H](O)[C@@H]2O)nn1. The molecule has 5 atom stereocenters. The average Bonchev–Trinajstić information content (AvgIpc) is 3.66. The molecule has 1 fully saturated rings. The number of aromatic nitrogens is 3. The molecule has 0 bridgehead atoms. The van der Waals surface area contributed by atoms with Gasteiger partial charge in [-0.1, -0.05) is 61.9 Å². The molecule has 0 unspecified atom stereocenters. The number of thioether (sulfide) groups is 1. The Hall–Kier alpha value is -1.85. The molecule has 2 rings (SSSR count). The van der Waals surface area contributed by atoms with Crippen LogP contribution in [0.2, 0.25) is 0 Å². The minimum Gasteiger partial charge on any atom is -0.394 e. The summed E-state index contributed by atoms with van der Waals surface area (Å²) < 4.78 is 45.2. The molecule has 1 amide bonds. The van der Waals surface area contributed by atoms with Crippen LogP contribution in [0.5, 0.6) is 0 Å². The Kier molecular flexibility index (Phi) is 29.7. The average molecular weight is 811 g/mol. The molecule has 2 heterocycles. The molecule has 1 aromatic rings. The molecule has 0 aliphatic carbocycles. The molecule has 55 heavy (non-hydrogen) atoms. The molecular formula is C36H66N4O14S. The second-order valence-corrected chi connectivity index (χ2v) is 14.2. The van der Waals surface area contributed by atoms with Crippen LogP contribution < -0.4 is 5.32 Å². The number of ether oxygens (including phenoxy) is 8. The van der Waals surface area contributed by atoms with E-state index in [4.69, 9.17) is 37.9 Å². The fourth-order valence-electron chi connectivity index (χ4n) is 5.27. The lowest BCUT2D eigenvalue weighted by Crippen LogP contribution is -2.59. The van der Waals surface area contributed by atoms with Crippen molar-refractivity contribution in [2.45, 2.75) is 102 Å². The Balaban J connectivity index is 1.26. The largest absolute Gasteiger partial charge is 0.394 e. The predicted molar refractivity (Wildman–Crippen MR) is 202 cm³/mol. The highest BCUT2D eigenvalue weighted by molar-refractivity contribution is 8.13. The molecule has 1 aliphatic rings. The summed E-state index contributed by atoms with van der Waals surface area (Å²) in [4.78, 5) is 23.2. The van der Waals surface area contributed by atoms with Gasteiger partial charge in [-0.2, -0.15) is 0 Å². The van der Waals surface area contributed by atoms with Crippen LogP contribution in [-0.4, -0.2) is 182 Å². The molecular weight excluding hydrogens is 744 g/mol. The number of hydrogen-bond acceptors (Lipinski definition) is 17. The lowest BCUT2D eigenvalue weighted by Gasteiger charge is -2.39. The highest BCUT2D eigenvalue weighted by Crippen LogP contribution is 2.22. The zero-order valence-electron chi connectivity index (χ0n) is 32.5. The molecule has 1 saturated heterocycles. The third kappa shape index (κ3) is 24.5. The van der Waals surface area contributed by atoms with Crippen molar-refractivity contribution in [3.8, 4) is 0 Å². The predicted octanol–water partition coefficient (Wildman–Crippen LogP) is 0.715. The Bertz CT molecular complexity index is 1090. The molecule has 320 valence electrons. The van der Waals surface area contributed by atoms with Gasteiger partial charge in [0.25, 0.3) is 5.91 Å². The maximum absolute atomic E-state index is 12.3. The van der Waals surface area contributed by atoms with Gasteiger partial charge in [0.2, 0.25) is 0 Å². The third-order valence-electron chi connectivity index (χ3n) is 8.35. The number of rotatable bonds is 36. The number of carbonyl (C=O) groups is 2. The van der Waals surface area contributed by atoms with Crippen LogP contribution in [0, 0.1) is 0 Å². The van der Waals surface area contributed by atoms with E-state index in [2.05, 4.69) is 15.6 Å². The number of nitrogens with one attached hydrogen (secondary N) is 1. The quantitative estimate of drug-likeness (QED) is 0.0588. The van der Waals surface area contributed by atoms with E-state index in [1.54, 1.807) is 6.92 Å². The number of carbonyl (C=O) groups excluding carboxylic acids is 2. The highest BCUT2D eigenvalue weighted by Gasteiger charge is 2.44. The molecule has 0 spiro atoms. The molecule has 1 aromatic heterocycles. The first kappa shape index (κ1) is 49.3. The summed E-state index contributed by atoms with van der Waals surface area (Å²) in [6.45, 7) is 7.30. The van der Waals surface area contributed by atoms with E-state index in [1.165, 1.54) is 67.6 Å². The highest BCUT2D eigenvalue weighted by atomic mass is 32.2. The number of hydrogen-bond donors (Lipinski definition) is 5. The van der Waals surface area contributed by atoms with Gasteiger partial charge in [-0.3, -0.25) is 9.59 Å². The lowest BCUT2D eigenvalue weighted by atomic mass is 9.99. The molecule has 19 heteroatoms. The Labute approximate surface area is 329 Å². The first-order chi connectivity index (χ1) is 26.8. The molecule has 18 nitrogen and oxygen atoms in total. The monoisotopic (exact) mass is 810 g/mol. The van der Waals surface area contributed by atoms with Crippen molar-refractivity contribution >= 4 is 22.8 Å². The van der Waals surface area contributed by atoms with Crippen molar-refractivity contribution in [2.75, 3.05) is 105 Å². The summed E-state index contributed by atoms with van der Waals surface area (Å²) >= 11 is 1.43. The van der Waals surface area contributed by atoms with E-state index >= 15 is 0 Å². The lowest BCUT2D eigenvalue weighted by molar-refractivity contribution is -0.301. The van der Waals surface area contributed by atoms with E-state index < -0.39 is 43.2 Å². The van der Waals surface area contributed by atoms with Crippen molar-refractivity contribution < 1.29 is 67.9 Å². The number of aliphatic hydroxyl groups is 4. The van der Waals surface area contributed by atoms with Gasteiger partial charge < -0.3 is 63.6 Å². The summed E-state index contributed by atoms with van der Waals surface area (Å²) in [6, 6.07) is 0. The summed E-state index contributed by atoms with van der Waals surface area (Å²) in [5.41, 5.74) is 0.0976. The molecule has 0 aromatic carbocycles. The Morgan fingerprint density at radius 2 is 1.22 bits per heavy atom. The normalized spacial score (nSPS) is 19.9. The summed E-state index contributed by atoms with van der Waals surface area (Å²) in [7, 11) is 0. The van der Waals surface area contributed by atoms with Crippen molar-refractivity contribution in [1.82, 2.24) is 20.3 Å². The maximum atomic E-state index is 12.3. The van der Waals surface area contributed by atoms with Crippen LogP contribution in [0.4, 0.5) is 0 Å². The second-order valence-electron chi connectivity index (χ2n) is 12.9. The van der Waals surface area contributed by atoms with Crippen molar-refractivity contribution in [3.05, 3.63) is 11.9 Å². The Morgan fingerprint density at radius 3 is 1.76 bits per heavy atom. The zero-order chi connectivity index (χ0) is 39.8. The smallest absolute Gasteiger partial charge is 0.273 e. The van der Waals surface area contributed by atoms with Crippen molar-refractivity contribution in [3.63, 3.8) is 0 Å². The van der Waals surface area contributed by atoms with Crippen LogP contribution in [-0.2, 0) is 49.2 Å². The molecule has 5 N–H and O–H groups in total. The first-order valence-electron chi connectivity index (χ1n) is 19.5. The zero-order valence-corrected chi connectivity index (χ0v) is 33.3. The van der Waals surface area contributed by atoms with E-state index in [-0.39, 0.29) is 37.1 Å². The van der Waals surface area contributed by atoms with Crippen LogP contribution in [0.3, 0.4) is 0 Å². The number of unbranched alkanes of at least 4 members (excludes halogenated alkanes) is 8. The summed E-state index contributed by atoms with van der Waals surface area (Å²) in [5.74, 6) is 0.533. The van der Waals surface area contributed by atoms with Gasteiger partial charge in [0.05, 0.1) is 98.6 Å². The van der Waals surface area contributed by atoms with E-state index in [1.807, 2.05) is 0 Å². The minimum absolute atomic E-state index is 0.00810. The van der Waals surface area contributed by atoms with Crippen LogP contribution >= 0.6 is 11.8 Å². The van der Waals surface area contributed by atoms with Crippen LogP contribution in [0.15, 0.2) is 6.20 Å². The van der Waals surface area contributed by atoms with Gasteiger partial charge in [0.15, 0.2) is 17.1 Å². The van der Waals surface area contributed by atoms with Crippen LogP contribution in [0.25, 0.3) is 0 Å². The standard InChI is InChI=1S/C36H66N4O14S/c1-29(42)55-26-10-8-6-4-2-3-5-7-9-13-47-16-18-49-20-22-51-24-25-52-23-21-50-19-17-48-14-11-37-35(46)30-27-40(39-38-30)12-15-53-36-34(45)33(44)32(43)31(28-41)54-36/h27,31-34,36,41,43-45H,2-26,28H2,1H3,(H,37,46)/t31-,32-,33+,34+,36+/m1/s1. The van der Waals surface area contributed by atoms with Gasteiger partial charge in [0.1, 0.15) is 24.4 Å². The summed E-state index contributed by atoms with van der Waals surface area (Å²) in [6.07, 6.45) is 5.68. The van der Waals surface area contributed by atoms with E-state index in [0.717, 1.165) is 25.2 Å². The molecule has 0 radical (unpaired) electrons. The van der Waals surface area contributed by atoms with Gasteiger partial charge in [-0.15, -0.1) is 5.10 Å². The van der Waals surface area contributed by atoms with Gasteiger partial charge in [-0.25, -0.2) is 4.68 Å². The van der Waals surface area contributed by atoms with Crippen molar-refractivity contribution in [2.24, 2.45) is 0 Å². The van der Waals surface area contributed by atoms with Crippen LogP contribution in [0.1, 0.15) is 75.2 Å². The topological polar surface area (TPSA) is 232 Å². The second kappa shape index (κ2) is 33.2. The van der Waals surface area contributed by atoms with Gasteiger partial charge >= 0.3 is 0 Å². The van der Waals surface area contributed by atoms with Crippen molar-refractivity contribution in [1.29, 1.82) is 0 Å². The minimum atomic E-state index is -1.53. The van der Waals surface area contributed by atoms with E-state index in [0.29, 0.717) is 66.1 Å². The van der Waals surface area contributed by atoms with Gasteiger partial charge in [-0.05, 0) is 12.8 Å². The number of amides is 1. The molecule has 1 aliphatic heterocycles. The van der Waals surface area contributed by atoms with Gasteiger partial charge in [0, 0.05) is 25.8 Å². The number of aliphatic hydroxyl groups excluding tert-OH is 4. The fraction of sp³-hybridized carbons (Fsp3) is 0.889. The maximum Gasteiger partial charge on any atom is 0.273 e. The number of nitrogens with zero attached hydrogens (tertiary/aromatic N) is 3. The first-order valence-corrected chi connectivity index (χ1v) is 20.5. The summed E-state index contributed by atoms with van der Waals surface area (Å²) in [5, 5.41) is 49.6.